The largest absolute Gasteiger partial charge is 0.383 e. The third-order valence-corrected chi connectivity index (χ3v) is 2.22. The van der Waals surface area contributed by atoms with Crippen molar-refractivity contribution in [1.82, 2.24) is 5.16 Å². The molecule has 1 heterocycles. The summed E-state index contributed by atoms with van der Waals surface area (Å²) in [6, 6.07) is 1.57. The van der Waals surface area contributed by atoms with E-state index < -0.39 is 0 Å². The van der Waals surface area contributed by atoms with Crippen molar-refractivity contribution in [2.45, 2.75) is 45.4 Å². The molecule has 1 N–H and O–H groups in total. The maximum Gasteiger partial charge on any atom is 0.280 e. The van der Waals surface area contributed by atoms with Gasteiger partial charge in [-0.3, -0.25) is 4.79 Å². The van der Waals surface area contributed by atoms with Gasteiger partial charge in [0, 0.05) is 12.0 Å². The van der Waals surface area contributed by atoms with Gasteiger partial charge in [0.1, 0.15) is 5.76 Å². The summed E-state index contributed by atoms with van der Waals surface area (Å²) >= 11 is 0. The van der Waals surface area contributed by atoms with Crippen LogP contribution < -0.4 is 5.56 Å². The van der Waals surface area contributed by atoms with Crippen LogP contribution in [0.2, 0.25) is 0 Å². The van der Waals surface area contributed by atoms with Crippen molar-refractivity contribution in [2.24, 2.45) is 0 Å². The highest BCUT2D eigenvalue weighted by atomic mass is 16.5. The van der Waals surface area contributed by atoms with Crippen LogP contribution in [-0.2, 0) is 0 Å². The van der Waals surface area contributed by atoms with Crippen LogP contribution in [0.1, 0.15) is 51.2 Å². The molecular weight excluding hydrogens is 166 g/mol. The summed E-state index contributed by atoms with van der Waals surface area (Å²) in [6.45, 7) is 4.29. The molecule has 0 unspecified atom stereocenters. The minimum Gasteiger partial charge on any atom is -0.383 e. The molecule has 1 aromatic heterocycles. The summed E-state index contributed by atoms with van der Waals surface area (Å²) in [5.74, 6) is 1.22. The summed E-state index contributed by atoms with van der Waals surface area (Å²) in [5, 5.41) is 2.34. The van der Waals surface area contributed by atoms with E-state index in [1.807, 2.05) is 0 Å². The van der Waals surface area contributed by atoms with Crippen molar-refractivity contribution in [3.63, 3.8) is 0 Å². The van der Waals surface area contributed by atoms with Gasteiger partial charge in [0.25, 0.3) is 5.56 Å². The summed E-state index contributed by atoms with van der Waals surface area (Å²) in [7, 11) is 0. The predicted molar refractivity (Wildman–Crippen MR) is 51.9 cm³/mol. The molecule has 0 radical (unpaired) electrons. The van der Waals surface area contributed by atoms with Crippen LogP contribution >= 0.6 is 0 Å². The standard InChI is InChI=1S/C10H17NO2/c1-3-5-8(6-4-2)9-7-10(12)11-13-9/h7-8H,3-6H2,1-2H3,(H,11,12). The molecule has 0 spiro atoms. The Kier molecular flexibility index (Phi) is 3.80. The molecule has 0 aromatic carbocycles. The lowest BCUT2D eigenvalue weighted by Crippen LogP contribution is -1.98. The van der Waals surface area contributed by atoms with E-state index >= 15 is 0 Å². The highest BCUT2D eigenvalue weighted by molar-refractivity contribution is 5.01. The number of H-pyrrole nitrogens is 1. The predicted octanol–water partition coefficient (Wildman–Crippen LogP) is 2.65. The highest BCUT2D eigenvalue weighted by Crippen LogP contribution is 2.24. The molecule has 13 heavy (non-hydrogen) atoms. The molecule has 0 bridgehead atoms. The lowest BCUT2D eigenvalue weighted by atomic mass is 9.96. The molecule has 0 saturated carbocycles. The number of nitrogens with one attached hydrogen (secondary N) is 1. The first-order chi connectivity index (χ1) is 6.27. The Morgan fingerprint density at radius 3 is 2.38 bits per heavy atom. The van der Waals surface area contributed by atoms with Crippen molar-refractivity contribution in [1.29, 1.82) is 0 Å². The smallest absolute Gasteiger partial charge is 0.280 e. The Bertz CT molecular complexity index is 281. The average Bonchev–Trinajstić information content (AvgIpc) is 2.51. The van der Waals surface area contributed by atoms with Crippen LogP contribution in [0.15, 0.2) is 15.4 Å². The van der Waals surface area contributed by atoms with Gasteiger partial charge in [-0.1, -0.05) is 26.7 Å². The monoisotopic (exact) mass is 183 g/mol. The zero-order valence-electron chi connectivity index (χ0n) is 8.30. The molecule has 0 fully saturated rings. The molecule has 1 rings (SSSR count). The summed E-state index contributed by atoms with van der Waals surface area (Å²) in [6.07, 6.45) is 4.43. The Hall–Kier alpha value is -0.990. The van der Waals surface area contributed by atoms with Gasteiger partial charge in [0.15, 0.2) is 0 Å². The highest BCUT2D eigenvalue weighted by Gasteiger charge is 2.13. The number of rotatable bonds is 5. The van der Waals surface area contributed by atoms with Crippen LogP contribution in [-0.4, -0.2) is 5.16 Å². The second-order valence-corrected chi connectivity index (χ2v) is 3.39. The van der Waals surface area contributed by atoms with Crippen molar-refractivity contribution in [3.8, 4) is 0 Å². The third-order valence-electron chi connectivity index (χ3n) is 2.22. The molecular formula is C10H17NO2. The molecule has 0 amide bonds. The fourth-order valence-corrected chi connectivity index (χ4v) is 1.62. The quantitative estimate of drug-likeness (QED) is 0.762. The molecule has 0 aliphatic heterocycles. The maximum absolute atomic E-state index is 10.9. The summed E-state index contributed by atoms with van der Waals surface area (Å²) in [5.41, 5.74) is -0.132. The number of aromatic amines is 1. The zero-order valence-corrected chi connectivity index (χ0v) is 8.30. The fraction of sp³-hybridized carbons (Fsp3) is 0.700. The van der Waals surface area contributed by atoms with E-state index in [0.717, 1.165) is 31.4 Å². The molecule has 0 aliphatic carbocycles. The van der Waals surface area contributed by atoms with Crippen molar-refractivity contribution in [3.05, 3.63) is 22.2 Å². The first kappa shape index (κ1) is 10.1. The second-order valence-electron chi connectivity index (χ2n) is 3.39. The SMILES string of the molecule is CCCC(CCC)c1cc(=O)[nH]o1. The van der Waals surface area contributed by atoms with E-state index in [1.54, 1.807) is 6.07 Å². The Morgan fingerprint density at radius 1 is 1.38 bits per heavy atom. The normalized spacial score (nSPS) is 11.0. The van der Waals surface area contributed by atoms with Gasteiger partial charge in [-0.2, -0.15) is 5.16 Å². The van der Waals surface area contributed by atoms with E-state index in [1.165, 1.54) is 0 Å². The number of hydrogen-bond acceptors (Lipinski definition) is 2. The Morgan fingerprint density at radius 2 is 2.00 bits per heavy atom. The minimum absolute atomic E-state index is 0.132. The van der Waals surface area contributed by atoms with Crippen LogP contribution in [0.4, 0.5) is 0 Å². The van der Waals surface area contributed by atoms with Gasteiger partial charge >= 0.3 is 0 Å². The van der Waals surface area contributed by atoms with Gasteiger partial charge < -0.3 is 4.52 Å². The van der Waals surface area contributed by atoms with E-state index in [2.05, 4.69) is 19.0 Å². The first-order valence-corrected chi connectivity index (χ1v) is 4.96. The van der Waals surface area contributed by atoms with Gasteiger partial charge in [-0.25, -0.2) is 0 Å². The van der Waals surface area contributed by atoms with Crippen LogP contribution in [0.3, 0.4) is 0 Å². The Labute approximate surface area is 78.1 Å². The lowest BCUT2D eigenvalue weighted by Gasteiger charge is -2.10. The van der Waals surface area contributed by atoms with Gasteiger partial charge in [0.05, 0.1) is 0 Å². The molecule has 74 valence electrons. The summed E-state index contributed by atoms with van der Waals surface area (Å²) in [4.78, 5) is 10.9. The van der Waals surface area contributed by atoms with E-state index in [-0.39, 0.29) is 5.56 Å². The van der Waals surface area contributed by atoms with E-state index in [9.17, 15) is 4.79 Å². The number of hydrogen-bond donors (Lipinski definition) is 1. The minimum atomic E-state index is -0.132. The molecule has 1 aromatic rings. The Balaban J connectivity index is 2.69. The van der Waals surface area contributed by atoms with Crippen LogP contribution in [0, 0.1) is 0 Å². The molecule has 3 heteroatoms. The third kappa shape index (κ3) is 2.76. The van der Waals surface area contributed by atoms with Gasteiger partial charge in [-0.15, -0.1) is 0 Å². The van der Waals surface area contributed by atoms with Crippen LogP contribution in [0.25, 0.3) is 0 Å². The van der Waals surface area contributed by atoms with Crippen molar-refractivity contribution in [2.75, 3.05) is 0 Å². The molecule has 0 saturated heterocycles. The van der Waals surface area contributed by atoms with Crippen molar-refractivity contribution >= 4 is 0 Å². The number of aromatic nitrogens is 1. The van der Waals surface area contributed by atoms with E-state index in [4.69, 9.17) is 4.52 Å². The zero-order chi connectivity index (χ0) is 9.68. The average molecular weight is 183 g/mol. The van der Waals surface area contributed by atoms with Crippen LogP contribution in [0.5, 0.6) is 0 Å². The lowest BCUT2D eigenvalue weighted by molar-refractivity contribution is 0.341. The maximum atomic E-state index is 10.9. The molecule has 3 nitrogen and oxygen atoms in total. The fourth-order valence-electron chi connectivity index (χ4n) is 1.62. The summed E-state index contributed by atoms with van der Waals surface area (Å²) < 4.78 is 5.09. The topological polar surface area (TPSA) is 46.0 Å². The van der Waals surface area contributed by atoms with E-state index in [0.29, 0.717) is 5.92 Å². The van der Waals surface area contributed by atoms with Gasteiger partial charge in [-0.05, 0) is 12.8 Å². The molecule has 0 aliphatic rings. The second kappa shape index (κ2) is 4.90. The molecule has 0 atom stereocenters. The van der Waals surface area contributed by atoms with Crippen molar-refractivity contribution < 1.29 is 4.52 Å². The van der Waals surface area contributed by atoms with Gasteiger partial charge in [0.2, 0.25) is 0 Å². The first-order valence-electron chi connectivity index (χ1n) is 4.96.